The molecule has 1 amide bonds. The number of rotatable bonds is 3. The highest BCUT2D eigenvalue weighted by molar-refractivity contribution is 6.08. The fraction of sp³-hybridized carbons (Fsp3) is 0.200. The average molecular weight is 335 g/mol. The predicted molar refractivity (Wildman–Crippen MR) is 95.5 cm³/mol. The zero-order valence-electron chi connectivity index (χ0n) is 13.8. The number of anilines is 1. The van der Waals surface area contributed by atoms with Crippen LogP contribution in [0.15, 0.2) is 57.7 Å². The van der Waals surface area contributed by atoms with Gasteiger partial charge in [-0.05, 0) is 43.2 Å². The fourth-order valence-electron chi connectivity index (χ4n) is 3.19. The molecule has 0 unspecified atom stereocenters. The minimum Gasteiger partial charge on any atom is -0.494 e. The van der Waals surface area contributed by atoms with Crippen LogP contribution in [0.3, 0.4) is 0 Å². The van der Waals surface area contributed by atoms with Crippen LogP contribution in [0.25, 0.3) is 11.0 Å². The molecule has 5 nitrogen and oxygen atoms in total. The number of carbonyl (C=O) groups is 1. The minimum absolute atomic E-state index is 0.0494. The van der Waals surface area contributed by atoms with Crippen molar-refractivity contribution in [3.63, 3.8) is 0 Å². The summed E-state index contributed by atoms with van der Waals surface area (Å²) in [6.45, 7) is 2.98. The maximum atomic E-state index is 12.9. The first-order valence-corrected chi connectivity index (χ1v) is 8.28. The van der Waals surface area contributed by atoms with Crippen LogP contribution in [-0.2, 0) is 6.42 Å². The second-order valence-corrected chi connectivity index (χ2v) is 5.92. The number of hydrogen-bond donors (Lipinski definition) is 0. The lowest BCUT2D eigenvalue weighted by atomic mass is 10.1. The lowest BCUT2D eigenvalue weighted by Crippen LogP contribution is -2.32. The van der Waals surface area contributed by atoms with Crippen molar-refractivity contribution < 1.29 is 13.9 Å². The summed E-state index contributed by atoms with van der Waals surface area (Å²) in [6.07, 6.45) is 0.790. The zero-order valence-corrected chi connectivity index (χ0v) is 13.8. The summed E-state index contributed by atoms with van der Waals surface area (Å²) in [5.41, 5.74) is 1.80. The maximum absolute atomic E-state index is 12.9. The van der Waals surface area contributed by atoms with Crippen molar-refractivity contribution in [2.24, 2.45) is 0 Å². The summed E-state index contributed by atoms with van der Waals surface area (Å²) in [5, 5.41) is 0.693. The highest BCUT2D eigenvalue weighted by Gasteiger charge is 2.27. The van der Waals surface area contributed by atoms with Crippen molar-refractivity contribution in [1.29, 1.82) is 0 Å². The molecule has 0 saturated heterocycles. The molecule has 0 fully saturated rings. The van der Waals surface area contributed by atoms with E-state index in [2.05, 4.69) is 0 Å². The van der Waals surface area contributed by atoms with E-state index >= 15 is 0 Å². The third-order valence-corrected chi connectivity index (χ3v) is 4.38. The topological polar surface area (TPSA) is 59.8 Å². The second kappa shape index (κ2) is 6.09. The van der Waals surface area contributed by atoms with Gasteiger partial charge in [0.2, 0.25) is 0 Å². The molecule has 126 valence electrons. The number of nitrogens with zero attached hydrogens (tertiary/aromatic N) is 1. The number of carbonyl (C=O) groups excluding carboxylic acids is 1. The van der Waals surface area contributed by atoms with Crippen molar-refractivity contribution in [3.8, 4) is 5.75 Å². The van der Waals surface area contributed by atoms with Crippen LogP contribution in [0.2, 0.25) is 0 Å². The van der Waals surface area contributed by atoms with Crippen LogP contribution < -0.4 is 15.3 Å². The molecule has 0 saturated carbocycles. The molecular weight excluding hydrogens is 318 g/mol. The maximum Gasteiger partial charge on any atom is 0.349 e. The molecule has 5 heteroatoms. The number of amides is 1. The largest absolute Gasteiger partial charge is 0.494 e. The van der Waals surface area contributed by atoms with Crippen LogP contribution in [0, 0.1) is 0 Å². The van der Waals surface area contributed by atoms with Crippen molar-refractivity contribution in [1.82, 2.24) is 0 Å². The van der Waals surface area contributed by atoms with E-state index in [-0.39, 0.29) is 11.5 Å². The van der Waals surface area contributed by atoms with Gasteiger partial charge in [0.05, 0.1) is 6.61 Å². The molecule has 1 aromatic heterocycles. The molecule has 3 aromatic rings. The Morgan fingerprint density at radius 2 is 2.04 bits per heavy atom. The van der Waals surface area contributed by atoms with E-state index in [0.29, 0.717) is 29.9 Å². The Labute approximate surface area is 144 Å². The van der Waals surface area contributed by atoms with Crippen LogP contribution in [-0.4, -0.2) is 19.1 Å². The molecule has 25 heavy (non-hydrogen) atoms. The summed E-state index contributed by atoms with van der Waals surface area (Å²) >= 11 is 0. The van der Waals surface area contributed by atoms with E-state index in [9.17, 15) is 9.59 Å². The van der Waals surface area contributed by atoms with E-state index < -0.39 is 5.63 Å². The summed E-state index contributed by atoms with van der Waals surface area (Å²) in [4.78, 5) is 26.9. The predicted octanol–water partition coefficient (Wildman–Crippen LogP) is 3.39. The smallest absolute Gasteiger partial charge is 0.349 e. The Kier molecular flexibility index (Phi) is 3.76. The normalized spacial score (nSPS) is 13.1. The Morgan fingerprint density at radius 3 is 2.88 bits per heavy atom. The quantitative estimate of drug-likeness (QED) is 0.688. The van der Waals surface area contributed by atoms with Gasteiger partial charge >= 0.3 is 5.63 Å². The van der Waals surface area contributed by atoms with Crippen LogP contribution >= 0.6 is 0 Å². The Hall–Kier alpha value is -3.08. The first kappa shape index (κ1) is 15.4. The number of benzene rings is 2. The van der Waals surface area contributed by atoms with Gasteiger partial charge in [-0.2, -0.15) is 0 Å². The molecule has 0 atom stereocenters. The monoisotopic (exact) mass is 335 g/mol. The van der Waals surface area contributed by atoms with Gasteiger partial charge in [0.15, 0.2) is 0 Å². The van der Waals surface area contributed by atoms with E-state index in [4.69, 9.17) is 9.15 Å². The van der Waals surface area contributed by atoms with Gasteiger partial charge in [0.25, 0.3) is 5.91 Å². The third-order valence-electron chi connectivity index (χ3n) is 4.38. The number of ether oxygens (including phenoxy) is 1. The van der Waals surface area contributed by atoms with Crippen LogP contribution in [0.4, 0.5) is 5.69 Å². The molecule has 0 radical (unpaired) electrons. The van der Waals surface area contributed by atoms with Crippen molar-refractivity contribution in [3.05, 3.63) is 70.1 Å². The molecule has 0 bridgehead atoms. The highest BCUT2D eigenvalue weighted by Crippen LogP contribution is 2.29. The van der Waals surface area contributed by atoms with Crippen molar-refractivity contribution >= 4 is 22.6 Å². The molecule has 0 spiro atoms. The van der Waals surface area contributed by atoms with Gasteiger partial charge in [-0.3, -0.25) is 4.79 Å². The number of fused-ring (bicyclic) bond motifs is 2. The highest BCUT2D eigenvalue weighted by atomic mass is 16.5. The summed E-state index contributed by atoms with van der Waals surface area (Å²) < 4.78 is 10.8. The first-order valence-electron chi connectivity index (χ1n) is 8.28. The van der Waals surface area contributed by atoms with Crippen molar-refractivity contribution in [2.45, 2.75) is 13.3 Å². The van der Waals surface area contributed by atoms with Gasteiger partial charge in [-0.1, -0.05) is 18.2 Å². The Balaban J connectivity index is 1.74. The van der Waals surface area contributed by atoms with Gasteiger partial charge in [-0.15, -0.1) is 0 Å². The molecule has 2 heterocycles. The van der Waals surface area contributed by atoms with E-state index in [0.717, 1.165) is 17.7 Å². The molecule has 0 aliphatic carbocycles. The zero-order chi connectivity index (χ0) is 17.4. The molecule has 1 aliphatic heterocycles. The number of hydrogen-bond acceptors (Lipinski definition) is 4. The molecule has 4 rings (SSSR count). The summed E-state index contributed by atoms with van der Waals surface area (Å²) in [7, 11) is 0. The van der Waals surface area contributed by atoms with Crippen LogP contribution in [0.1, 0.15) is 22.8 Å². The lowest BCUT2D eigenvalue weighted by molar-refractivity contribution is 0.0986. The summed E-state index contributed by atoms with van der Waals surface area (Å²) in [5.74, 6) is 0.306. The average Bonchev–Trinajstić information content (AvgIpc) is 3.05. The minimum atomic E-state index is -0.629. The van der Waals surface area contributed by atoms with Gasteiger partial charge in [0.1, 0.15) is 16.9 Å². The Morgan fingerprint density at radius 1 is 1.20 bits per heavy atom. The van der Waals surface area contributed by atoms with Gasteiger partial charge < -0.3 is 14.1 Å². The summed E-state index contributed by atoms with van der Waals surface area (Å²) in [6, 6.07) is 14.6. The SMILES string of the molecule is CCOc1ccc2cc(C(=O)N3CCc4ccccc43)c(=O)oc2c1. The van der Waals surface area contributed by atoms with Crippen LogP contribution in [0.5, 0.6) is 5.75 Å². The van der Waals surface area contributed by atoms with E-state index in [1.807, 2.05) is 31.2 Å². The molecule has 2 aromatic carbocycles. The van der Waals surface area contributed by atoms with Gasteiger partial charge in [0, 0.05) is 23.7 Å². The van der Waals surface area contributed by atoms with Crippen molar-refractivity contribution in [2.75, 3.05) is 18.1 Å². The van der Waals surface area contributed by atoms with E-state index in [1.54, 1.807) is 29.2 Å². The molecule has 0 N–H and O–H groups in total. The third kappa shape index (κ3) is 2.67. The number of para-hydroxylation sites is 1. The molecule has 1 aliphatic rings. The van der Waals surface area contributed by atoms with Gasteiger partial charge in [-0.25, -0.2) is 4.79 Å². The lowest BCUT2D eigenvalue weighted by Gasteiger charge is -2.16. The second-order valence-electron chi connectivity index (χ2n) is 5.92. The Bertz CT molecular complexity index is 1020. The molecular formula is C20H17NO4. The first-order chi connectivity index (χ1) is 12.2. The fourth-order valence-corrected chi connectivity index (χ4v) is 3.19. The standard InChI is InChI=1S/C20H17NO4/c1-2-24-15-8-7-14-11-16(20(23)25-18(14)12-15)19(22)21-10-9-13-5-3-4-6-17(13)21/h3-8,11-12H,2,9-10H2,1H3. The van der Waals surface area contributed by atoms with E-state index in [1.165, 1.54) is 0 Å².